The Bertz CT molecular complexity index is 925. The van der Waals surface area contributed by atoms with Crippen molar-refractivity contribution in [2.45, 2.75) is 31.4 Å². The number of hydrogen-bond acceptors (Lipinski definition) is 6. The van der Waals surface area contributed by atoms with Gasteiger partial charge in [0.1, 0.15) is 18.1 Å². The van der Waals surface area contributed by atoms with Gasteiger partial charge >= 0.3 is 0 Å². The smallest absolute Gasteiger partial charge is 0.210 e. The minimum Gasteiger partial charge on any atom is -0.496 e. The van der Waals surface area contributed by atoms with Crippen molar-refractivity contribution < 1.29 is 9.47 Å². The fourth-order valence-electron chi connectivity index (χ4n) is 2.67. The molecule has 142 valence electrons. The molecule has 3 aromatic rings. The Hall–Kier alpha value is -2.38. The van der Waals surface area contributed by atoms with Gasteiger partial charge in [-0.1, -0.05) is 29.4 Å². The molecule has 2 N–H and O–H groups in total. The zero-order valence-corrected chi connectivity index (χ0v) is 17.0. The van der Waals surface area contributed by atoms with Gasteiger partial charge in [-0.15, -0.1) is 10.2 Å². The van der Waals surface area contributed by atoms with Gasteiger partial charge in [-0.2, -0.15) is 0 Å². The number of rotatable bonds is 7. The summed E-state index contributed by atoms with van der Waals surface area (Å²) in [6.07, 6.45) is 0. The SMILES string of the molecule is COc1ccc(Cl)cc1CSc1nnc(COc2cc(C)cc(C)c2)n1N. The maximum absolute atomic E-state index is 6.13. The van der Waals surface area contributed by atoms with E-state index in [0.29, 0.717) is 21.8 Å². The van der Waals surface area contributed by atoms with E-state index in [4.69, 9.17) is 26.9 Å². The first kappa shape index (κ1) is 19.4. The molecule has 0 unspecified atom stereocenters. The molecular weight excluding hydrogens is 384 g/mol. The molecule has 27 heavy (non-hydrogen) atoms. The highest BCUT2D eigenvalue weighted by molar-refractivity contribution is 7.98. The van der Waals surface area contributed by atoms with Crippen molar-refractivity contribution in [2.24, 2.45) is 0 Å². The molecule has 3 rings (SSSR count). The summed E-state index contributed by atoms with van der Waals surface area (Å²) in [5.74, 6) is 8.84. The molecule has 0 aliphatic carbocycles. The van der Waals surface area contributed by atoms with E-state index in [-0.39, 0.29) is 6.61 Å². The van der Waals surface area contributed by atoms with Crippen LogP contribution in [-0.4, -0.2) is 22.0 Å². The maximum atomic E-state index is 6.13. The Kier molecular flexibility index (Phi) is 6.13. The van der Waals surface area contributed by atoms with Gasteiger partial charge in [0.25, 0.3) is 0 Å². The molecule has 1 aromatic heterocycles. The van der Waals surface area contributed by atoms with Gasteiger partial charge in [-0.25, -0.2) is 4.68 Å². The number of ether oxygens (including phenoxy) is 2. The molecule has 0 aliphatic heterocycles. The summed E-state index contributed by atoms with van der Waals surface area (Å²) in [5.41, 5.74) is 3.25. The number of methoxy groups -OCH3 is 1. The van der Waals surface area contributed by atoms with E-state index in [2.05, 4.69) is 16.3 Å². The van der Waals surface area contributed by atoms with Gasteiger partial charge in [0, 0.05) is 16.3 Å². The summed E-state index contributed by atoms with van der Waals surface area (Å²) in [6, 6.07) is 11.6. The molecule has 8 heteroatoms. The summed E-state index contributed by atoms with van der Waals surface area (Å²) in [4.78, 5) is 0. The molecule has 0 fully saturated rings. The van der Waals surface area contributed by atoms with Gasteiger partial charge in [0.15, 0.2) is 5.82 Å². The lowest BCUT2D eigenvalue weighted by Crippen LogP contribution is -2.15. The number of halogens is 1. The number of hydrogen-bond donors (Lipinski definition) is 1. The number of benzene rings is 2. The van der Waals surface area contributed by atoms with Crippen molar-refractivity contribution in [2.75, 3.05) is 13.0 Å². The number of aromatic nitrogens is 3. The molecule has 0 saturated carbocycles. The Labute approximate surface area is 167 Å². The molecule has 0 saturated heterocycles. The van der Waals surface area contributed by atoms with Crippen molar-refractivity contribution in [1.82, 2.24) is 14.9 Å². The van der Waals surface area contributed by atoms with Crippen molar-refractivity contribution in [3.63, 3.8) is 0 Å². The van der Waals surface area contributed by atoms with E-state index < -0.39 is 0 Å². The van der Waals surface area contributed by atoms with E-state index in [1.165, 1.54) is 16.4 Å². The highest BCUT2D eigenvalue weighted by Crippen LogP contribution is 2.29. The minimum absolute atomic E-state index is 0.243. The van der Waals surface area contributed by atoms with Gasteiger partial charge in [-0.3, -0.25) is 0 Å². The second-order valence-corrected chi connectivity index (χ2v) is 7.50. The average Bonchev–Trinajstić information content (AvgIpc) is 2.97. The van der Waals surface area contributed by atoms with E-state index >= 15 is 0 Å². The fourth-order valence-corrected chi connectivity index (χ4v) is 3.72. The predicted molar refractivity (Wildman–Crippen MR) is 108 cm³/mol. The first-order valence-corrected chi connectivity index (χ1v) is 9.68. The Morgan fingerprint density at radius 2 is 1.85 bits per heavy atom. The van der Waals surface area contributed by atoms with E-state index in [1.54, 1.807) is 13.2 Å². The lowest BCUT2D eigenvalue weighted by molar-refractivity contribution is 0.291. The summed E-state index contributed by atoms with van der Waals surface area (Å²) in [6.45, 7) is 4.31. The van der Waals surface area contributed by atoms with Crippen LogP contribution in [0.15, 0.2) is 41.6 Å². The molecule has 2 aromatic carbocycles. The standard InChI is InChI=1S/C19H21ClN4O2S/c1-12-6-13(2)8-16(7-12)26-10-18-22-23-19(24(18)21)27-11-14-9-15(20)4-5-17(14)25-3/h4-9H,10-11,21H2,1-3H3. The summed E-state index contributed by atoms with van der Waals surface area (Å²) in [7, 11) is 1.63. The Balaban J connectivity index is 1.66. The highest BCUT2D eigenvalue weighted by atomic mass is 35.5. The van der Waals surface area contributed by atoms with Gasteiger partial charge < -0.3 is 15.3 Å². The van der Waals surface area contributed by atoms with Crippen LogP contribution < -0.4 is 15.3 Å². The number of thioether (sulfide) groups is 1. The van der Waals surface area contributed by atoms with E-state index in [1.807, 2.05) is 38.1 Å². The third-order valence-corrected chi connectivity index (χ3v) is 5.12. The first-order valence-electron chi connectivity index (χ1n) is 8.32. The van der Waals surface area contributed by atoms with Crippen LogP contribution in [0, 0.1) is 13.8 Å². The van der Waals surface area contributed by atoms with Crippen LogP contribution in [-0.2, 0) is 12.4 Å². The first-order chi connectivity index (χ1) is 13.0. The summed E-state index contributed by atoms with van der Waals surface area (Å²) < 4.78 is 12.6. The lowest BCUT2D eigenvalue weighted by Gasteiger charge is -2.09. The van der Waals surface area contributed by atoms with Gasteiger partial charge in [0.05, 0.1) is 7.11 Å². The zero-order valence-electron chi connectivity index (χ0n) is 15.4. The summed E-state index contributed by atoms with van der Waals surface area (Å²) >= 11 is 7.53. The normalized spacial score (nSPS) is 10.8. The molecule has 1 heterocycles. The topological polar surface area (TPSA) is 75.2 Å². The molecule has 0 bridgehead atoms. The van der Waals surface area contributed by atoms with E-state index in [0.717, 1.165) is 28.2 Å². The largest absolute Gasteiger partial charge is 0.496 e. The van der Waals surface area contributed by atoms with Crippen LogP contribution in [0.5, 0.6) is 11.5 Å². The number of nitrogens with two attached hydrogens (primary N) is 1. The zero-order chi connectivity index (χ0) is 19.4. The Morgan fingerprint density at radius 3 is 2.56 bits per heavy atom. The average molecular weight is 405 g/mol. The number of aryl methyl sites for hydroxylation is 2. The van der Waals surface area contributed by atoms with Crippen molar-refractivity contribution in [3.8, 4) is 11.5 Å². The van der Waals surface area contributed by atoms with Crippen molar-refractivity contribution in [3.05, 3.63) is 63.9 Å². The van der Waals surface area contributed by atoms with Crippen molar-refractivity contribution in [1.29, 1.82) is 0 Å². The molecule has 6 nitrogen and oxygen atoms in total. The second kappa shape index (κ2) is 8.54. The summed E-state index contributed by atoms with van der Waals surface area (Å²) in [5, 5.41) is 9.54. The van der Waals surface area contributed by atoms with E-state index in [9.17, 15) is 0 Å². The van der Waals surface area contributed by atoms with Crippen LogP contribution in [0.3, 0.4) is 0 Å². The number of nitrogens with zero attached hydrogens (tertiary/aromatic N) is 3. The molecule has 0 aliphatic rings. The quantitative estimate of drug-likeness (QED) is 0.471. The van der Waals surface area contributed by atoms with Gasteiger partial charge in [-0.05, 0) is 55.3 Å². The van der Waals surface area contributed by atoms with Crippen LogP contribution in [0.1, 0.15) is 22.5 Å². The molecular formula is C19H21ClN4O2S. The molecule has 0 radical (unpaired) electrons. The second-order valence-electron chi connectivity index (χ2n) is 6.13. The third-order valence-electron chi connectivity index (χ3n) is 3.90. The monoisotopic (exact) mass is 404 g/mol. The highest BCUT2D eigenvalue weighted by Gasteiger charge is 2.13. The van der Waals surface area contributed by atoms with Crippen LogP contribution in [0.25, 0.3) is 0 Å². The molecule has 0 atom stereocenters. The Morgan fingerprint density at radius 1 is 1.11 bits per heavy atom. The molecule has 0 amide bonds. The number of nitrogen functional groups attached to an aromatic ring is 1. The van der Waals surface area contributed by atoms with Gasteiger partial charge in [0.2, 0.25) is 5.16 Å². The minimum atomic E-state index is 0.243. The molecule has 0 spiro atoms. The maximum Gasteiger partial charge on any atom is 0.210 e. The fraction of sp³-hybridized carbons (Fsp3) is 0.263. The van der Waals surface area contributed by atoms with Crippen LogP contribution in [0.2, 0.25) is 5.02 Å². The predicted octanol–water partition coefficient (Wildman–Crippen LogP) is 4.14. The van der Waals surface area contributed by atoms with Crippen LogP contribution in [0.4, 0.5) is 0 Å². The third kappa shape index (κ3) is 4.87. The van der Waals surface area contributed by atoms with Crippen LogP contribution >= 0.6 is 23.4 Å². The van der Waals surface area contributed by atoms with Crippen molar-refractivity contribution >= 4 is 23.4 Å². The lowest BCUT2D eigenvalue weighted by atomic mass is 10.1.